The lowest BCUT2D eigenvalue weighted by molar-refractivity contribution is -0.119. The molecule has 2 aliphatic carbocycles. The number of carbonyl (C=O) groups excluding carboxylic acids is 1. The summed E-state index contributed by atoms with van der Waals surface area (Å²) in [6.07, 6.45) is 3.49. The van der Waals surface area contributed by atoms with Crippen LogP contribution in [0.15, 0.2) is 47.2 Å². The summed E-state index contributed by atoms with van der Waals surface area (Å²) in [4.78, 5) is 11.0. The standard InChI is InChI=1S/C25H27N5O2/c1-24(2,3)16-6-9-20-18(10-16)22(19(11-26)23(30)25(20,13-27)14-28)15-4-7-17(8-5-15)32-12-21(29)31/h4-5,7-9,16,18,22H,6,10,12,30H2,1-3H3,(H2,29,31)/t16-,18+,22-/m1/s1. The molecular weight excluding hydrogens is 402 g/mol. The van der Waals surface area contributed by atoms with E-state index in [2.05, 4.69) is 39.0 Å². The molecule has 0 aliphatic heterocycles. The highest BCUT2D eigenvalue weighted by atomic mass is 16.5. The van der Waals surface area contributed by atoms with Gasteiger partial charge in [0.25, 0.3) is 5.91 Å². The number of nitriles is 3. The Morgan fingerprint density at radius 2 is 1.81 bits per heavy atom. The van der Waals surface area contributed by atoms with Crippen LogP contribution in [0.5, 0.6) is 5.75 Å². The number of rotatable bonds is 4. The van der Waals surface area contributed by atoms with Gasteiger partial charge in [-0.2, -0.15) is 15.8 Å². The van der Waals surface area contributed by atoms with Crippen molar-refractivity contribution >= 4 is 5.91 Å². The van der Waals surface area contributed by atoms with Crippen LogP contribution < -0.4 is 16.2 Å². The van der Waals surface area contributed by atoms with E-state index in [1.165, 1.54) is 0 Å². The molecule has 0 unspecified atom stereocenters. The molecule has 2 aliphatic rings. The molecule has 3 atom stereocenters. The molecule has 0 fully saturated rings. The fourth-order valence-corrected chi connectivity index (χ4v) is 4.86. The maximum Gasteiger partial charge on any atom is 0.255 e. The smallest absolute Gasteiger partial charge is 0.255 e. The van der Waals surface area contributed by atoms with Gasteiger partial charge in [-0.05, 0) is 53.4 Å². The first kappa shape index (κ1) is 22.9. The van der Waals surface area contributed by atoms with Crippen LogP contribution in [0.3, 0.4) is 0 Å². The molecule has 0 saturated carbocycles. The fourth-order valence-electron chi connectivity index (χ4n) is 4.86. The molecule has 3 rings (SSSR count). The third-order valence-electron chi connectivity index (χ3n) is 6.70. The molecule has 0 aromatic heterocycles. The molecule has 0 spiro atoms. The summed E-state index contributed by atoms with van der Waals surface area (Å²) < 4.78 is 5.35. The summed E-state index contributed by atoms with van der Waals surface area (Å²) in [5, 5.41) is 30.0. The normalized spacial score (nSPS) is 24.2. The second kappa shape index (κ2) is 8.40. The van der Waals surface area contributed by atoms with E-state index >= 15 is 0 Å². The lowest BCUT2D eigenvalue weighted by atomic mass is 9.55. The highest BCUT2D eigenvalue weighted by molar-refractivity contribution is 5.75. The topological polar surface area (TPSA) is 150 Å². The number of benzene rings is 1. The Kier molecular flexibility index (Phi) is 6.02. The molecule has 0 radical (unpaired) electrons. The van der Waals surface area contributed by atoms with Crippen LogP contribution in [0, 0.1) is 56.7 Å². The van der Waals surface area contributed by atoms with E-state index in [9.17, 15) is 20.6 Å². The molecular formula is C25H27N5O2. The minimum absolute atomic E-state index is 0.0146. The number of allylic oxidation sites excluding steroid dienone is 3. The van der Waals surface area contributed by atoms with Crippen molar-refractivity contribution in [2.75, 3.05) is 6.61 Å². The Morgan fingerprint density at radius 3 is 2.31 bits per heavy atom. The average molecular weight is 430 g/mol. The molecule has 32 heavy (non-hydrogen) atoms. The molecule has 164 valence electrons. The van der Waals surface area contributed by atoms with E-state index in [-0.39, 0.29) is 35.1 Å². The van der Waals surface area contributed by atoms with Crippen LogP contribution in [0.1, 0.15) is 45.1 Å². The number of amides is 1. The average Bonchev–Trinajstić information content (AvgIpc) is 2.77. The van der Waals surface area contributed by atoms with Crippen molar-refractivity contribution in [3.05, 3.63) is 52.7 Å². The van der Waals surface area contributed by atoms with Crippen molar-refractivity contribution < 1.29 is 9.53 Å². The number of nitrogens with zero attached hydrogens (tertiary/aromatic N) is 3. The Bertz CT molecular complexity index is 1090. The maximum atomic E-state index is 11.0. The van der Waals surface area contributed by atoms with Gasteiger partial charge in [0, 0.05) is 5.92 Å². The molecule has 0 bridgehead atoms. The largest absolute Gasteiger partial charge is 0.484 e. The van der Waals surface area contributed by atoms with E-state index in [0.29, 0.717) is 17.2 Å². The van der Waals surface area contributed by atoms with Gasteiger partial charge in [-0.25, -0.2) is 0 Å². The molecule has 7 nitrogen and oxygen atoms in total. The van der Waals surface area contributed by atoms with Crippen molar-refractivity contribution in [3.8, 4) is 24.0 Å². The minimum atomic E-state index is -1.63. The highest BCUT2D eigenvalue weighted by Gasteiger charge is 2.53. The fraction of sp³-hybridized carbons (Fsp3) is 0.440. The van der Waals surface area contributed by atoms with Crippen LogP contribution >= 0.6 is 0 Å². The summed E-state index contributed by atoms with van der Waals surface area (Å²) in [5.41, 5.74) is 11.7. The van der Waals surface area contributed by atoms with Gasteiger partial charge in [0.1, 0.15) is 5.75 Å². The number of carbonyl (C=O) groups is 1. The second-order valence-electron chi connectivity index (χ2n) is 9.51. The third-order valence-corrected chi connectivity index (χ3v) is 6.70. The van der Waals surface area contributed by atoms with Crippen molar-refractivity contribution in [3.63, 3.8) is 0 Å². The van der Waals surface area contributed by atoms with E-state index in [1.807, 2.05) is 18.2 Å². The summed E-state index contributed by atoms with van der Waals surface area (Å²) in [6.45, 7) is 6.30. The van der Waals surface area contributed by atoms with E-state index in [4.69, 9.17) is 16.2 Å². The van der Waals surface area contributed by atoms with Gasteiger partial charge in [0.05, 0.1) is 29.5 Å². The summed E-state index contributed by atoms with van der Waals surface area (Å²) in [5.74, 6) is -0.345. The van der Waals surface area contributed by atoms with Crippen LogP contribution in [0.4, 0.5) is 0 Å². The number of fused-ring (bicyclic) bond motifs is 1. The lowest BCUT2D eigenvalue weighted by Gasteiger charge is -2.46. The molecule has 0 heterocycles. The van der Waals surface area contributed by atoms with Gasteiger partial charge < -0.3 is 16.2 Å². The zero-order valence-corrected chi connectivity index (χ0v) is 18.6. The summed E-state index contributed by atoms with van der Waals surface area (Å²) >= 11 is 0. The number of nitrogens with two attached hydrogens (primary N) is 2. The van der Waals surface area contributed by atoms with E-state index in [0.717, 1.165) is 18.4 Å². The predicted molar refractivity (Wildman–Crippen MR) is 118 cm³/mol. The first-order valence-electron chi connectivity index (χ1n) is 10.5. The highest BCUT2D eigenvalue weighted by Crippen LogP contribution is 2.57. The summed E-state index contributed by atoms with van der Waals surface area (Å²) in [7, 11) is 0. The number of hydrogen-bond donors (Lipinski definition) is 2. The monoisotopic (exact) mass is 429 g/mol. The Labute approximate surface area is 188 Å². The zero-order valence-electron chi connectivity index (χ0n) is 18.6. The van der Waals surface area contributed by atoms with Crippen LogP contribution in [-0.2, 0) is 4.79 Å². The predicted octanol–water partition coefficient (Wildman–Crippen LogP) is 3.42. The van der Waals surface area contributed by atoms with E-state index < -0.39 is 11.3 Å². The van der Waals surface area contributed by atoms with Gasteiger partial charge >= 0.3 is 0 Å². The van der Waals surface area contributed by atoms with Crippen molar-refractivity contribution in [1.82, 2.24) is 0 Å². The second-order valence-corrected chi connectivity index (χ2v) is 9.51. The Morgan fingerprint density at radius 1 is 1.19 bits per heavy atom. The maximum absolute atomic E-state index is 11.0. The van der Waals surface area contributed by atoms with Gasteiger partial charge in [0.15, 0.2) is 6.61 Å². The quantitative estimate of drug-likeness (QED) is 0.700. The number of hydrogen-bond acceptors (Lipinski definition) is 6. The number of primary amides is 1. The molecule has 1 amide bonds. The number of ether oxygens (including phenoxy) is 1. The van der Waals surface area contributed by atoms with Crippen molar-refractivity contribution in [2.24, 2.45) is 34.1 Å². The van der Waals surface area contributed by atoms with Gasteiger partial charge in [-0.15, -0.1) is 0 Å². The van der Waals surface area contributed by atoms with Crippen molar-refractivity contribution in [1.29, 1.82) is 15.8 Å². The molecule has 1 aromatic carbocycles. The third kappa shape index (κ3) is 3.81. The lowest BCUT2D eigenvalue weighted by Crippen LogP contribution is -2.43. The summed E-state index contributed by atoms with van der Waals surface area (Å²) in [6, 6.07) is 13.5. The first-order valence-corrected chi connectivity index (χ1v) is 10.5. The molecule has 4 N–H and O–H groups in total. The first-order chi connectivity index (χ1) is 15.1. The van der Waals surface area contributed by atoms with Crippen LogP contribution in [0.25, 0.3) is 0 Å². The SMILES string of the molecule is CC(C)(C)[C@@H]1CC=C2[C@H](C1)[C@@H](c1ccc(OCC(N)=O)cc1)C(C#N)=C(N)C2(C#N)C#N. The molecule has 7 heteroatoms. The zero-order chi connectivity index (χ0) is 23.7. The van der Waals surface area contributed by atoms with Crippen molar-refractivity contribution in [2.45, 2.75) is 39.5 Å². The van der Waals surface area contributed by atoms with Crippen LogP contribution in [0.2, 0.25) is 0 Å². The van der Waals surface area contributed by atoms with E-state index in [1.54, 1.807) is 12.1 Å². The Hall–Kier alpha value is -3.76. The van der Waals surface area contributed by atoms with Crippen LogP contribution in [-0.4, -0.2) is 12.5 Å². The Balaban J connectivity index is 2.14. The van der Waals surface area contributed by atoms with Gasteiger partial charge in [0.2, 0.25) is 5.41 Å². The molecule has 1 aromatic rings. The van der Waals surface area contributed by atoms with Gasteiger partial charge in [-0.3, -0.25) is 4.79 Å². The minimum Gasteiger partial charge on any atom is -0.484 e. The van der Waals surface area contributed by atoms with Gasteiger partial charge in [-0.1, -0.05) is 39.0 Å². The molecule has 0 saturated heterocycles.